The smallest absolute Gasteiger partial charge is 0.0110 e. The molecule has 0 spiro atoms. The molecule has 0 unspecified atom stereocenters. The molecule has 0 aromatic rings. The molecule has 0 radical (unpaired) electrons. The van der Waals surface area contributed by atoms with Crippen molar-refractivity contribution in [3.05, 3.63) is 24.8 Å². The summed E-state index contributed by atoms with van der Waals surface area (Å²) in [6.45, 7) is 3.60. The molecular formula is C8H9Br. The van der Waals surface area contributed by atoms with Crippen LogP contribution in [0, 0.1) is 10.8 Å². The van der Waals surface area contributed by atoms with Gasteiger partial charge < -0.3 is 0 Å². The van der Waals surface area contributed by atoms with Crippen LogP contribution in [0.4, 0.5) is 0 Å². The second-order valence-corrected chi connectivity index (χ2v) is 1.90. The summed E-state index contributed by atoms with van der Waals surface area (Å²) in [5.74, 6) is 2.76. The summed E-state index contributed by atoms with van der Waals surface area (Å²) in [5.41, 5.74) is 0. The zero-order valence-corrected chi connectivity index (χ0v) is 6.82. The molecule has 0 amide bonds. The average molecular weight is 185 g/mol. The molecule has 1 heteroatoms. The van der Waals surface area contributed by atoms with Crippen LogP contribution in [0.2, 0.25) is 0 Å². The summed E-state index contributed by atoms with van der Waals surface area (Å²) in [6, 6.07) is 0. The lowest BCUT2D eigenvalue weighted by Crippen LogP contribution is -1.60. The Hall–Kier alpha value is -0.480. The Labute approximate surface area is 64.8 Å². The molecule has 0 aromatic carbocycles. The maximum absolute atomic E-state index is 3.60. The lowest BCUT2D eigenvalue weighted by molar-refractivity contribution is 1.06. The molecule has 0 atom stereocenters. The van der Waals surface area contributed by atoms with Crippen LogP contribution in [0.3, 0.4) is 0 Å². The van der Waals surface area contributed by atoms with Gasteiger partial charge in [-0.3, -0.25) is 0 Å². The Morgan fingerprint density at radius 3 is 2.78 bits per heavy atom. The van der Waals surface area contributed by atoms with Gasteiger partial charge in [0.2, 0.25) is 0 Å². The Kier molecular flexibility index (Phi) is 7.12. The SMILES string of the molecule is C=CCC/C=C/C#CBr. The summed E-state index contributed by atoms with van der Waals surface area (Å²) in [5, 5.41) is 0. The highest BCUT2D eigenvalue weighted by molar-refractivity contribution is 9.12. The first-order valence-corrected chi connectivity index (χ1v) is 3.58. The van der Waals surface area contributed by atoms with Gasteiger partial charge in [0.05, 0.1) is 0 Å². The number of allylic oxidation sites excluding steroid dienone is 3. The van der Waals surface area contributed by atoms with Crippen LogP contribution in [-0.4, -0.2) is 0 Å². The molecule has 48 valence electrons. The molecule has 0 aliphatic carbocycles. The van der Waals surface area contributed by atoms with Crippen molar-refractivity contribution in [2.45, 2.75) is 12.8 Å². The van der Waals surface area contributed by atoms with Crippen LogP contribution in [0.15, 0.2) is 24.8 Å². The van der Waals surface area contributed by atoms with Crippen molar-refractivity contribution < 1.29 is 0 Å². The molecule has 0 bridgehead atoms. The number of rotatable bonds is 3. The van der Waals surface area contributed by atoms with Gasteiger partial charge in [0.1, 0.15) is 0 Å². The lowest BCUT2D eigenvalue weighted by atomic mass is 10.3. The van der Waals surface area contributed by atoms with E-state index >= 15 is 0 Å². The van der Waals surface area contributed by atoms with Gasteiger partial charge in [0.15, 0.2) is 0 Å². The van der Waals surface area contributed by atoms with Crippen LogP contribution < -0.4 is 0 Å². The van der Waals surface area contributed by atoms with E-state index in [1.165, 1.54) is 0 Å². The zero-order valence-electron chi connectivity index (χ0n) is 5.23. The van der Waals surface area contributed by atoms with Gasteiger partial charge >= 0.3 is 0 Å². The molecule has 0 heterocycles. The minimum Gasteiger partial charge on any atom is -0.103 e. The zero-order chi connectivity index (χ0) is 6.95. The molecule has 9 heavy (non-hydrogen) atoms. The van der Waals surface area contributed by atoms with Crippen molar-refractivity contribution in [3.63, 3.8) is 0 Å². The van der Waals surface area contributed by atoms with E-state index in [9.17, 15) is 0 Å². The molecule has 0 aromatic heterocycles. The minimum absolute atomic E-state index is 1.03. The van der Waals surface area contributed by atoms with E-state index in [1.807, 2.05) is 18.2 Å². The van der Waals surface area contributed by atoms with Gasteiger partial charge in [0.25, 0.3) is 0 Å². The fourth-order valence-electron chi connectivity index (χ4n) is 0.388. The van der Waals surface area contributed by atoms with Gasteiger partial charge in [-0.05, 0) is 23.7 Å². The molecule has 0 nitrogen and oxygen atoms in total. The first-order chi connectivity index (χ1) is 4.41. The molecule has 0 rings (SSSR count). The fraction of sp³-hybridized carbons (Fsp3) is 0.250. The van der Waals surface area contributed by atoms with Gasteiger partial charge in [-0.2, -0.15) is 0 Å². The molecule has 0 saturated carbocycles. The summed E-state index contributed by atoms with van der Waals surface area (Å²) in [4.78, 5) is 2.59. The van der Waals surface area contributed by atoms with Gasteiger partial charge in [-0.1, -0.05) is 18.1 Å². The summed E-state index contributed by atoms with van der Waals surface area (Å²) in [6.07, 6.45) is 7.81. The maximum atomic E-state index is 3.60. The number of hydrogen-bond donors (Lipinski definition) is 0. The highest BCUT2D eigenvalue weighted by atomic mass is 79.9. The number of halogens is 1. The maximum Gasteiger partial charge on any atom is 0.0110 e. The first kappa shape index (κ1) is 8.52. The van der Waals surface area contributed by atoms with E-state index in [0.717, 1.165) is 12.8 Å². The van der Waals surface area contributed by atoms with Crippen LogP contribution in [0.25, 0.3) is 0 Å². The number of hydrogen-bond acceptors (Lipinski definition) is 0. The van der Waals surface area contributed by atoms with Gasteiger partial charge in [0, 0.05) is 15.9 Å². The Morgan fingerprint density at radius 1 is 1.44 bits per heavy atom. The monoisotopic (exact) mass is 184 g/mol. The van der Waals surface area contributed by atoms with E-state index in [4.69, 9.17) is 0 Å². The van der Waals surface area contributed by atoms with Crippen molar-refractivity contribution in [1.82, 2.24) is 0 Å². The van der Waals surface area contributed by atoms with E-state index in [1.54, 1.807) is 0 Å². The van der Waals surface area contributed by atoms with Crippen LogP contribution in [-0.2, 0) is 0 Å². The van der Waals surface area contributed by atoms with Crippen molar-refractivity contribution in [3.8, 4) is 10.8 Å². The normalized spacial score (nSPS) is 8.56. The first-order valence-electron chi connectivity index (χ1n) is 2.79. The summed E-state index contributed by atoms with van der Waals surface area (Å²) < 4.78 is 0. The van der Waals surface area contributed by atoms with Gasteiger partial charge in [-0.15, -0.1) is 6.58 Å². The third-order valence-corrected chi connectivity index (χ3v) is 1.02. The van der Waals surface area contributed by atoms with Crippen molar-refractivity contribution in [2.75, 3.05) is 0 Å². The quantitative estimate of drug-likeness (QED) is 0.360. The summed E-state index contributed by atoms with van der Waals surface area (Å²) >= 11 is 2.99. The molecular weight excluding hydrogens is 176 g/mol. The summed E-state index contributed by atoms with van der Waals surface area (Å²) in [7, 11) is 0. The van der Waals surface area contributed by atoms with E-state index in [-0.39, 0.29) is 0 Å². The topological polar surface area (TPSA) is 0 Å². The Bertz CT molecular complexity index is 146. The second-order valence-electron chi connectivity index (χ2n) is 1.51. The van der Waals surface area contributed by atoms with Crippen molar-refractivity contribution in [2.24, 2.45) is 0 Å². The largest absolute Gasteiger partial charge is 0.103 e. The van der Waals surface area contributed by atoms with Crippen LogP contribution in [0.1, 0.15) is 12.8 Å². The molecule has 0 N–H and O–H groups in total. The van der Waals surface area contributed by atoms with Crippen LogP contribution >= 0.6 is 15.9 Å². The van der Waals surface area contributed by atoms with Crippen LogP contribution in [0.5, 0.6) is 0 Å². The average Bonchev–Trinajstić information content (AvgIpc) is 1.89. The standard InChI is InChI=1S/C8H9Br/c1-2-3-4-5-6-7-8-9/h2,5-6H,1,3-4H2/b6-5+. The predicted octanol–water partition coefficient (Wildman–Crippen LogP) is 2.86. The van der Waals surface area contributed by atoms with Crippen molar-refractivity contribution >= 4 is 15.9 Å². The second kappa shape index (κ2) is 7.52. The Balaban J connectivity index is 3.21. The minimum atomic E-state index is 1.03. The molecule has 0 aliphatic heterocycles. The number of unbranched alkanes of at least 4 members (excludes halogenated alkanes) is 1. The molecule has 0 saturated heterocycles. The Morgan fingerprint density at radius 2 is 2.22 bits per heavy atom. The highest BCUT2D eigenvalue weighted by Gasteiger charge is 1.70. The molecule has 0 fully saturated rings. The lowest BCUT2D eigenvalue weighted by Gasteiger charge is -1.79. The van der Waals surface area contributed by atoms with E-state index in [2.05, 4.69) is 33.3 Å². The van der Waals surface area contributed by atoms with E-state index < -0.39 is 0 Å². The molecule has 0 aliphatic rings. The predicted molar refractivity (Wildman–Crippen MR) is 45.3 cm³/mol. The fourth-order valence-corrected chi connectivity index (χ4v) is 0.520. The third-order valence-electron chi connectivity index (χ3n) is 0.793. The third kappa shape index (κ3) is 7.52. The highest BCUT2D eigenvalue weighted by Crippen LogP contribution is 1.89. The van der Waals surface area contributed by atoms with Crippen molar-refractivity contribution in [1.29, 1.82) is 0 Å². The van der Waals surface area contributed by atoms with E-state index in [0.29, 0.717) is 0 Å². The van der Waals surface area contributed by atoms with Gasteiger partial charge in [-0.25, -0.2) is 0 Å².